The van der Waals surface area contributed by atoms with Crippen LogP contribution >= 0.6 is 0 Å². The second kappa shape index (κ2) is 6.70. The van der Waals surface area contributed by atoms with Gasteiger partial charge in [-0.1, -0.05) is 13.0 Å². The molecule has 110 valence electrons. The fourth-order valence-corrected chi connectivity index (χ4v) is 2.63. The van der Waals surface area contributed by atoms with Crippen LogP contribution in [0.25, 0.3) is 0 Å². The zero-order valence-electron chi connectivity index (χ0n) is 11.6. The number of ether oxygens (including phenoxy) is 1. The van der Waals surface area contributed by atoms with E-state index in [0.29, 0.717) is 5.75 Å². The lowest BCUT2D eigenvalue weighted by Crippen LogP contribution is -2.31. The van der Waals surface area contributed by atoms with Crippen LogP contribution in [0.4, 0.5) is 4.39 Å². The van der Waals surface area contributed by atoms with Crippen LogP contribution in [0.3, 0.4) is 0 Å². The lowest BCUT2D eigenvalue weighted by molar-refractivity contribution is -0.144. The Balaban J connectivity index is 1.95. The maximum Gasteiger partial charge on any atom is 0.310 e. The summed E-state index contributed by atoms with van der Waals surface area (Å²) in [5, 5.41) is 9.35. The summed E-state index contributed by atoms with van der Waals surface area (Å²) in [7, 11) is 0. The predicted octanol–water partition coefficient (Wildman–Crippen LogP) is 2.25. The third-order valence-corrected chi connectivity index (χ3v) is 3.87. The molecule has 1 heterocycles. The van der Waals surface area contributed by atoms with Crippen molar-refractivity contribution in [2.75, 3.05) is 26.2 Å². The van der Waals surface area contributed by atoms with E-state index in [0.717, 1.165) is 26.1 Å². The van der Waals surface area contributed by atoms with Crippen molar-refractivity contribution in [1.82, 2.24) is 4.90 Å². The van der Waals surface area contributed by atoms with E-state index >= 15 is 0 Å². The molecule has 2 atom stereocenters. The van der Waals surface area contributed by atoms with Crippen LogP contribution in [-0.2, 0) is 4.79 Å². The molecule has 1 aromatic rings. The van der Waals surface area contributed by atoms with Gasteiger partial charge >= 0.3 is 5.97 Å². The summed E-state index contributed by atoms with van der Waals surface area (Å²) in [5.74, 6) is -1.30. The van der Waals surface area contributed by atoms with Gasteiger partial charge in [-0.2, -0.15) is 0 Å². The zero-order chi connectivity index (χ0) is 14.5. The molecule has 5 heteroatoms. The van der Waals surface area contributed by atoms with E-state index in [1.165, 1.54) is 12.1 Å². The Kier molecular flexibility index (Phi) is 4.95. The number of carboxylic acid groups (broad SMARTS) is 1. The first kappa shape index (κ1) is 14.8. The molecule has 20 heavy (non-hydrogen) atoms. The van der Waals surface area contributed by atoms with Crippen LogP contribution in [0.1, 0.15) is 13.3 Å². The molecule has 2 rings (SSSR count). The maximum atomic E-state index is 13.0. The number of halogens is 1. The number of nitrogens with zero attached hydrogens (tertiary/aromatic N) is 1. The molecule has 0 amide bonds. The highest BCUT2D eigenvalue weighted by Gasteiger charge is 2.33. The lowest BCUT2D eigenvalue weighted by atomic mass is 9.92. The van der Waals surface area contributed by atoms with Gasteiger partial charge in [-0.15, -0.1) is 0 Å². The predicted molar refractivity (Wildman–Crippen MR) is 73.2 cm³/mol. The molecule has 0 aromatic heterocycles. The topological polar surface area (TPSA) is 49.8 Å². The van der Waals surface area contributed by atoms with Gasteiger partial charge in [0.2, 0.25) is 0 Å². The van der Waals surface area contributed by atoms with Crippen molar-refractivity contribution in [3.8, 4) is 5.75 Å². The fourth-order valence-electron chi connectivity index (χ4n) is 2.63. The van der Waals surface area contributed by atoms with Gasteiger partial charge in [0.05, 0.1) is 5.92 Å². The molecular formula is C15H20FNO3. The van der Waals surface area contributed by atoms with E-state index in [1.54, 1.807) is 12.1 Å². The summed E-state index contributed by atoms with van der Waals surface area (Å²) in [6.45, 7) is 4.82. The van der Waals surface area contributed by atoms with Crippen LogP contribution in [0, 0.1) is 17.7 Å². The van der Waals surface area contributed by atoms with Crippen molar-refractivity contribution in [3.63, 3.8) is 0 Å². The van der Waals surface area contributed by atoms with Crippen LogP contribution in [0.15, 0.2) is 24.3 Å². The molecule has 0 saturated carbocycles. The average molecular weight is 281 g/mol. The van der Waals surface area contributed by atoms with Crippen molar-refractivity contribution in [2.45, 2.75) is 13.3 Å². The van der Waals surface area contributed by atoms with Crippen LogP contribution in [0.2, 0.25) is 0 Å². The minimum atomic E-state index is -0.843. The van der Waals surface area contributed by atoms with Gasteiger partial charge in [0.1, 0.15) is 18.2 Å². The number of aliphatic carboxylic acids is 1. The molecule has 0 radical (unpaired) electrons. The Bertz CT molecular complexity index is 466. The third kappa shape index (κ3) is 3.70. The van der Waals surface area contributed by atoms with Gasteiger partial charge in [-0.25, -0.2) is 4.39 Å². The van der Waals surface area contributed by atoms with Crippen molar-refractivity contribution in [3.05, 3.63) is 30.1 Å². The Labute approximate surface area is 118 Å². The number of carboxylic acids is 1. The van der Waals surface area contributed by atoms with Crippen molar-refractivity contribution < 1.29 is 19.0 Å². The third-order valence-electron chi connectivity index (χ3n) is 3.87. The van der Waals surface area contributed by atoms with Crippen LogP contribution < -0.4 is 4.74 Å². The van der Waals surface area contributed by atoms with E-state index in [1.807, 2.05) is 0 Å². The molecular weight excluding hydrogens is 261 g/mol. The summed E-state index contributed by atoms with van der Waals surface area (Å²) in [5.41, 5.74) is 0. The number of carbonyl (C=O) groups is 1. The zero-order valence-corrected chi connectivity index (χ0v) is 11.6. The first-order valence-corrected chi connectivity index (χ1v) is 6.93. The molecule has 4 nitrogen and oxygen atoms in total. The highest BCUT2D eigenvalue weighted by Crippen LogP contribution is 2.25. The number of likely N-dealkylation sites (tertiary alicyclic amines) is 1. The number of hydrogen-bond acceptors (Lipinski definition) is 3. The summed E-state index contributed by atoms with van der Waals surface area (Å²) < 4.78 is 18.5. The minimum Gasteiger partial charge on any atom is -0.493 e. The monoisotopic (exact) mass is 281 g/mol. The van der Waals surface area contributed by atoms with Gasteiger partial charge in [0.15, 0.2) is 0 Å². The smallest absolute Gasteiger partial charge is 0.310 e. The van der Waals surface area contributed by atoms with Gasteiger partial charge in [-0.05, 0) is 37.6 Å². The Morgan fingerprint density at radius 1 is 1.60 bits per heavy atom. The maximum absolute atomic E-state index is 13.0. The fraction of sp³-hybridized carbons (Fsp3) is 0.533. The van der Waals surface area contributed by atoms with E-state index in [-0.39, 0.29) is 18.3 Å². The standard InChI is InChI=1S/C15H20FNO3/c1-2-17-7-6-11(9-17)14(15(18)19)10-20-13-5-3-4-12(16)8-13/h3-5,8,11,14H,2,6-7,9-10H2,1H3,(H,18,19). The second-order valence-corrected chi connectivity index (χ2v) is 5.16. The summed E-state index contributed by atoms with van der Waals surface area (Å²) >= 11 is 0. The highest BCUT2D eigenvalue weighted by molar-refractivity contribution is 5.70. The van der Waals surface area contributed by atoms with Crippen LogP contribution in [0.5, 0.6) is 5.75 Å². The molecule has 2 unspecified atom stereocenters. The van der Waals surface area contributed by atoms with E-state index in [4.69, 9.17) is 4.74 Å². The molecule has 0 bridgehead atoms. The van der Waals surface area contributed by atoms with Crippen molar-refractivity contribution >= 4 is 5.97 Å². The number of rotatable bonds is 6. The first-order chi connectivity index (χ1) is 9.60. The Morgan fingerprint density at radius 2 is 2.40 bits per heavy atom. The molecule has 0 spiro atoms. The normalized spacial score (nSPS) is 20.8. The summed E-state index contributed by atoms with van der Waals surface area (Å²) in [6, 6.07) is 5.79. The first-order valence-electron chi connectivity index (χ1n) is 6.93. The molecule has 0 aliphatic carbocycles. The lowest BCUT2D eigenvalue weighted by Gasteiger charge is -2.20. The Morgan fingerprint density at radius 3 is 3.00 bits per heavy atom. The molecule has 1 fully saturated rings. The van der Waals surface area contributed by atoms with Gasteiger partial charge in [0.25, 0.3) is 0 Å². The van der Waals surface area contributed by atoms with E-state index < -0.39 is 11.9 Å². The quantitative estimate of drug-likeness (QED) is 0.869. The molecule has 1 aliphatic rings. The average Bonchev–Trinajstić information content (AvgIpc) is 2.87. The molecule has 1 aromatic carbocycles. The summed E-state index contributed by atoms with van der Waals surface area (Å²) in [6.07, 6.45) is 0.872. The van der Waals surface area contributed by atoms with Crippen molar-refractivity contribution in [1.29, 1.82) is 0 Å². The number of benzene rings is 1. The summed E-state index contributed by atoms with van der Waals surface area (Å²) in [4.78, 5) is 13.6. The largest absolute Gasteiger partial charge is 0.493 e. The minimum absolute atomic E-state index is 0.0843. The molecule has 1 N–H and O–H groups in total. The SMILES string of the molecule is CCN1CCC(C(COc2cccc(F)c2)C(=O)O)C1. The highest BCUT2D eigenvalue weighted by atomic mass is 19.1. The molecule has 1 aliphatic heterocycles. The van der Waals surface area contributed by atoms with E-state index in [2.05, 4.69) is 11.8 Å². The Hall–Kier alpha value is -1.62. The van der Waals surface area contributed by atoms with Gasteiger partial charge in [-0.3, -0.25) is 4.79 Å². The van der Waals surface area contributed by atoms with Crippen molar-refractivity contribution in [2.24, 2.45) is 11.8 Å². The van der Waals surface area contributed by atoms with Gasteiger partial charge < -0.3 is 14.7 Å². The second-order valence-electron chi connectivity index (χ2n) is 5.16. The molecule has 1 saturated heterocycles. The number of hydrogen-bond donors (Lipinski definition) is 1. The van der Waals surface area contributed by atoms with E-state index in [9.17, 15) is 14.3 Å². The van der Waals surface area contributed by atoms with Gasteiger partial charge in [0, 0.05) is 12.6 Å². The van der Waals surface area contributed by atoms with Crippen LogP contribution in [-0.4, -0.2) is 42.2 Å².